The van der Waals surface area contributed by atoms with E-state index in [2.05, 4.69) is 4.99 Å². The van der Waals surface area contributed by atoms with Gasteiger partial charge in [-0.25, -0.2) is 0 Å². The Morgan fingerprint density at radius 2 is 1.46 bits per heavy atom. The highest BCUT2D eigenvalue weighted by atomic mass is 19.4. The summed E-state index contributed by atoms with van der Waals surface area (Å²) in [5, 5.41) is 0. The van der Waals surface area contributed by atoms with Gasteiger partial charge in [0.1, 0.15) is 6.04 Å². The first-order chi connectivity index (χ1) is 18.1. The number of amides is 3. The van der Waals surface area contributed by atoms with Crippen LogP contribution in [-0.4, -0.2) is 48.9 Å². The summed E-state index contributed by atoms with van der Waals surface area (Å²) in [5.41, 5.74) is 9.32. The first-order valence-electron chi connectivity index (χ1n) is 11.8. The normalized spacial score (nSPS) is 18.4. The molecular weight excluding hydrogens is 530 g/mol. The molecule has 0 spiro atoms. The number of nitrogens with zero attached hydrogens (tertiary/aromatic N) is 2. The topological polar surface area (TPSA) is 119 Å². The molecule has 3 amide bonds. The summed E-state index contributed by atoms with van der Waals surface area (Å²) in [6.45, 7) is 0. The van der Waals surface area contributed by atoms with Gasteiger partial charge in [-0.2, -0.15) is 26.3 Å². The van der Waals surface area contributed by atoms with Crippen molar-refractivity contribution in [3.8, 4) is 0 Å². The number of benzodiazepines with no additional fused rings is 1. The average Bonchev–Trinajstić information content (AvgIpc) is 2.95. The van der Waals surface area contributed by atoms with Crippen LogP contribution in [0.3, 0.4) is 0 Å². The number of nitrogens with two attached hydrogens (primary N) is 2. The molecule has 3 atom stereocenters. The number of aliphatic imine (C=N–C) groups is 1. The zero-order valence-electron chi connectivity index (χ0n) is 20.7. The minimum absolute atomic E-state index is 0.0746. The number of para-hydroxylation sites is 1. The lowest BCUT2D eigenvalue weighted by atomic mass is 9.64. The smallest absolute Gasteiger partial charge is 0.369 e. The lowest BCUT2D eigenvalue weighted by Gasteiger charge is -2.41. The molecule has 0 aromatic heterocycles. The Morgan fingerprint density at radius 1 is 0.897 bits per heavy atom. The van der Waals surface area contributed by atoms with Crippen molar-refractivity contribution in [2.24, 2.45) is 27.8 Å². The monoisotopic (exact) mass is 556 g/mol. The third-order valence-electron chi connectivity index (χ3n) is 6.84. The Labute approximate surface area is 219 Å². The maximum atomic E-state index is 13.8. The van der Waals surface area contributed by atoms with Crippen molar-refractivity contribution in [2.75, 3.05) is 11.9 Å². The van der Waals surface area contributed by atoms with E-state index in [1.54, 1.807) is 48.5 Å². The quantitative estimate of drug-likeness (QED) is 0.452. The van der Waals surface area contributed by atoms with Gasteiger partial charge in [-0.05, 0) is 18.9 Å². The second kappa shape index (κ2) is 11.1. The highest BCUT2D eigenvalue weighted by molar-refractivity contribution is 6.20. The van der Waals surface area contributed by atoms with Gasteiger partial charge in [0.2, 0.25) is 11.8 Å². The molecule has 0 radical (unpaired) electrons. The molecule has 1 aliphatic rings. The van der Waals surface area contributed by atoms with Crippen LogP contribution < -0.4 is 16.4 Å². The van der Waals surface area contributed by atoms with Gasteiger partial charge < -0.3 is 16.4 Å². The predicted molar refractivity (Wildman–Crippen MR) is 131 cm³/mol. The molecule has 210 valence electrons. The number of carbonyl (C=O) groups excluding carboxylic acids is 3. The van der Waals surface area contributed by atoms with E-state index in [1.165, 1.54) is 13.1 Å². The van der Waals surface area contributed by atoms with Crippen LogP contribution in [0, 0.1) is 11.3 Å². The van der Waals surface area contributed by atoms with Gasteiger partial charge in [-0.15, -0.1) is 0 Å². The summed E-state index contributed by atoms with van der Waals surface area (Å²) >= 11 is 0. The third-order valence-corrected chi connectivity index (χ3v) is 6.84. The fourth-order valence-electron chi connectivity index (χ4n) is 4.93. The molecule has 13 heteroatoms. The van der Waals surface area contributed by atoms with E-state index in [0.29, 0.717) is 11.1 Å². The molecule has 3 rings (SSSR count). The minimum atomic E-state index is -4.92. The van der Waals surface area contributed by atoms with Gasteiger partial charge in [-0.1, -0.05) is 48.5 Å². The molecule has 1 heterocycles. The van der Waals surface area contributed by atoms with E-state index in [4.69, 9.17) is 11.5 Å². The maximum Gasteiger partial charge on any atom is 0.389 e. The summed E-state index contributed by atoms with van der Waals surface area (Å²) < 4.78 is 80.1. The Balaban J connectivity index is 2.37. The highest BCUT2D eigenvalue weighted by Crippen LogP contribution is 2.46. The number of carbonyl (C=O) groups is 3. The lowest BCUT2D eigenvalue weighted by Crippen LogP contribution is -2.59. The second-order valence-corrected chi connectivity index (χ2v) is 9.29. The number of hydrogen-bond acceptors (Lipinski definition) is 4. The van der Waals surface area contributed by atoms with E-state index in [0.717, 1.165) is 4.90 Å². The Bertz CT molecular complexity index is 1260. The van der Waals surface area contributed by atoms with Gasteiger partial charge in [0.15, 0.2) is 0 Å². The summed E-state index contributed by atoms with van der Waals surface area (Å²) in [6.07, 6.45) is -15.6. The van der Waals surface area contributed by atoms with E-state index in [9.17, 15) is 40.7 Å². The third kappa shape index (κ3) is 6.40. The number of anilines is 1. The molecular formula is C26H26F6N4O3. The molecule has 1 aliphatic heterocycles. The first kappa shape index (κ1) is 29.7. The van der Waals surface area contributed by atoms with Gasteiger partial charge in [0, 0.05) is 31.0 Å². The maximum absolute atomic E-state index is 13.8. The van der Waals surface area contributed by atoms with Crippen LogP contribution in [0.5, 0.6) is 0 Å². The Hall–Kier alpha value is -3.90. The summed E-state index contributed by atoms with van der Waals surface area (Å²) in [5.74, 6) is -6.32. The predicted octanol–water partition coefficient (Wildman–Crippen LogP) is 4.13. The van der Waals surface area contributed by atoms with Crippen molar-refractivity contribution in [2.45, 2.75) is 44.1 Å². The van der Waals surface area contributed by atoms with Crippen LogP contribution >= 0.6 is 0 Å². The number of benzene rings is 2. The molecule has 4 N–H and O–H groups in total. The van der Waals surface area contributed by atoms with Crippen molar-refractivity contribution in [1.29, 1.82) is 0 Å². The van der Waals surface area contributed by atoms with Gasteiger partial charge in [0.05, 0.1) is 22.7 Å². The van der Waals surface area contributed by atoms with Gasteiger partial charge in [-0.3, -0.25) is 19.4 Å². The van der Waals surface area contributed by atoms with Gasteiger partial charge in [0.25, 0.3) is 5.91 Å². The van der Waals surface area contributed by atoms with Crippen molar-refractivity contribution < 1.29 is 40.7 Å². The molecule has 0 aliphatic carbocycles. The molecule has 7 nitrogen and oxygen atoms in total. The van der Waals surface area contributed by atoms with Gasteiger partial charge >= 0.3 is 12.4 Å². The second-order valence-electron chi connectivity index (χ2n) is 9.29. The number of fused-ring (bicyclic) bond motifs is 1. The zero-order valence-corrected chi connectivity index (χ0v) is 20.7. The van der Waals surface area contributed by atoms with Crippen LogP contribution in [0.1, 0.15) is 36.8 Å². The standard InChI is InChI=1S/C26H26F6N4O3/c1-36-18-10-6-5-9-16(18)19(15-7-3-2-4-8-15)35-20(22(36)38)24(23(34)39,13-14-26(30,31)32)17(21(33)37)11-12-25(27,28)29/h2-10,17,20H,11-14H2,1H3,(H2,33,37)(H2,34,39)/t17-,20?,24?/m1/s1. The van der Waals surface area contributed by atoms with E-state index >= 15 is 0 Å². The number of primary amides is 2. The number of alkyl halides is 6. The molecule has 0 saturated carbocycles. The van der Waals surface area contributed by atoms with Crippen molar-refractivity contribution in [3.63, 3.8) is 0 Å². The number of rotatable bonds is 9. The molecule has 2 aromatic rings. The number of likely N-dealkylation sites (N-methyl/N-ethyl adjacent to an activating group) is 1. The minimum Gasteiger partial charge on any atom is -0.369 e. The van der Waals surface area contributed by atoms with Crippen molar-refractivity contribution in [1.82, 2.24) is 0 Å². The largest absolute Gasteiger partial charge is 0.389 e. The van der Waals surface area contributed by atoms with E-state index < -0.39 is 73.1 Å². The average molecular weight is 557 g/mol. The van der Waals surface area contributed by atoms with Crippen LogP contribution in [-0.2, 0) is 14.4 Å². The lowest BCUT2D eigenvalue weighted by molar-refractivity contribution is -0.163. The zero-order chi connectivity index (χ0) is 29.2. The molecule has 2 unspecified atom stereocenters. The first-order valence-corrected chi connectivity index (χ1v) is 11.8. The van der Waals surface area contributed by atoms with Crippen molar-refractivity contribution >= 4 is 29.1 Å². The Morgan fingerprint density at radius 3 is 2.00 bits per heavy atom. The van der Waals surface area contributed by atoms with Crippen LogP contribution in [0.15, 0.2) is 59.6 Å². The molecule has 2 aromatic carbocycles. The molecule has 39 heavy (non-hydrogen) atoms. The Kier molecular flexibility index (Phi) is 8.42. The highest BCUT2D eigenvalue weighted by Gasteiger charge is 2.58. The van der Waals surface area contributed by atoms with Crippen LogP contribution in [0.25, 0.3) is 0 Å². The van der Waals surface area contributed by atoms with E-state index in [1.807, 2.05) is 0 Å². The fourth-order valence-corrected chi connectivity index (χ4v) is 4.93. The van der Waals surface area contributed by atoms with Crippen LogP contribution in [0.2, 0.25) is 0 Å². The number of halogens is 6. The summed E-state index contributed by atoms with van der Waals surface area (Å²) in [4.78, 5) is 45.0. The molecule has 0 saturated heterocycles. The number of hydrogen-bond donors (Lipinski definition) is 2. The SMILES string of the molecule is CN1C(=O)C(C(CCC(F)(F)F)(C(N)=O)[C@H](CCC(F)(F)F)C(N)=O)N=C(c2ccccc2)c2ccccc21. The molecule has 0 fully saturated rings. The fraction of sp³-hybridized carbons (Fsp3) is 0.385. The van der Waals surface area contributed by atoms with Crippen molar-refractivity contribution in [3.05, 3.63) is 65.7 Å². The summed E-state index contributed by atoms with van der Waals surface area (Å²) in [6, 6.07) is 12.4. The van der Waals surface area contributed by atoms with Crippen LogP contribution in [0.4, 0.5) is 32.0 Å². The molecule has 0 bridgehead atoms. The summed E-state index contributed by atoms with van der Waals surface area (Å²) in [7, 11) is 1.28. The van der Waals surface area contributed by atoms with E-state index in [-0.39, 0.29) is 11.4 Å².